The molecular weight excluding hydrogens is 364 g/mol. The summed E-state index contributed by atoms with van der Waals surface area (Å²) in [7, 11) is 0. The van der Waals surface area contributed by atoms with E-state index in [9.17, 15) is 9.90 Å². The second kappa shape index (κ2) is 7.85. The van der Waals surface area contributed by atoms with E-state index in [4.69, 9.17) is 4.98 Å². The van der Waals surface area contributed by atoms with Gasteiger partial charge in [0.05, 0.1) is 12.1 Å². The van der Waals surface area contributed by atoms with Crippen molar-refractivity contribution in [1.29, 1.82) is 0 Å². The molecular formula is C23H22N4O2. The second-order valence-electron chi connectivity index (χ2n) is 7.16. The number of aryl methyl sites for hydroxylation is 2. The Hall–Kier alpha value is -3.51. The van der Waals surface area contributed by atoms with Crippen molar-refractivity contribution in [1.82, 2.24) is 15.2 Å². The van der Waals surface area contributed by atoms with E-state index in [2.05, 4.69) is 15.5 Å². The molecule has 0 radical (unpaired) electrons. The smallest absolute Gasteiger partial charge is 0.256 e. The third-order valence-corrected chi connectivity index (χ3v) is 4.84. The van der Waals surface area contributed by atoms with Gasteiger partial charge in [-0.05, 0) is 55.2 Å². The van der Waals surface area contributed by atoms with Crippen LogP contribution in [0.5, 0.6) is 0 Å². The highest BCUT2D eigenvalue weighted by Crippen LogP contribution is 2.24. The average Bonchev–Trinajstić information content (AvgIpc) is 3.12. The fraction of sp³-hybridized carbons (Fsp3) is 0.174. The first-order chi connectivity index (χ1) is 14.0. The van der Waals surface area contributed by atoms with E-state index in [-0.39, 0.29) is 12.5 Å². The molecule has 0 saturated carbocycles. The van der Waals surface area contributed by atoms with Gasteiger partial charge in [0.1, 0.15) is 0 Å². The number of anilines is 1. The molecule has 0 atom stereocenters. The summed E-state index contributed by atoms with van der Waals surface area (Å²) in [6, 6.07) is 17.2. The van der Waals surface area contributed by atoms with Gasteiger partial charge < -0.3 is 10.4 Å². The van der Waals surface area contributed by atoms with Crippen molar-refractivity contribution in [2.75, 3.05) is 5.32 Å². The number of aromatic nitrogens is 3. The molecule has 3 N–H and O–H groups in total. The molecule has 146 valence electrons. The first kappa shape index (κ1) is 18.8. The third kappa shape index (κ3) is 4.02. The van der Waals surface area contributed by atoms with Crippen LogP contribution >= 0.6 is 0 Å². The Bertz CT molecular complexity index is 1200. The highest BCUT2D eigenvalue weighted by atomic mass is 16.3. The van der Waals surface area contributed by atoms with E-state index in [1.54, 1.807) is 12.1 Å². The number of carbonyl (C=O) groups excluding carboxylic acids is 1. The van der Waals surface area contributed by atoms with Gasteiger partial charge in [0.25, 0.3) is 5.91 Å². The molecule has 4 rings (SSSR count). The first-order valence-corrected chi connectivity index (χ1v) is 9.45. The van der Waals surface area contributed by atoms with Crippen molar-refractivity contribution in [2.45, 2.75) is 26.9 Å². The SMILES string of the molecule is Cc1cc(CO)c2cccc(Cc3cccc(C(=O)Nc4cc(C)[nH]n4)c3)c2n1. The van der Waals surface area contributed by atoms with Crippen LogP contribution in [0.2, 0.25) is 0 Å². The van der Waals surface area contributed by atoms with Crippen molar-refractivity contribution in [3.8, 4) is 0 Å². The third-order valence-electron chi connectivity index (χ3n) is 4.84. The molecule has 0 unspecified atom stereocenters. The zero-order chi connectivity index (χ0) is 20.4. The van der Waals surface area contributed by atoms with Gasteiger partial charge in [0, 0.05) is 28.4 Å². The Morgan fingerprint density at radius 1 is 1.07 bits per heavy atom. The number of fused-ring (bicyclic) bond motifs is 1. The number of pyridine rings is 1. The normalized spacial score (nSPS) is 11.0. The highest BCUT2D eigenvalue weighted by Gasteiger charge is 2.11. The van der Waals surface area contributed by atoms with Crippen LogP contribution < -0.4 is 5.32 Å². The molecule has 2 aromatic heterocycles. The number of para-hydroxylation sites is 1. The van der Waals surface area contributed by atoms with Gasteiger partial charge in [-0.1, -0.05) is 30.3 Å². The van der Waals surface area contributed by atoms with E-state index in [1.807, 2.05) is 56.3 Å². The lowest BCUT2D eigenvalue weighted by atomic mass is 9.98. The van der Waals surface area contributed by atoms with E-state index in [1.165, 1.54) is 0 Å². The maximum atomic E-state index is 12.6. The van der Waals surface area contributed by atoms with Crippen LogP contribution in [0.15, 0.2) is 54.6 Å². The van der Waals surface area contributed by atoms with Crippen LogP contribution in [0.1, 0.15) is 38.4 Å². The van der Waals surface area contributed by atoms with E-state index < -0.39 is 0 Å². The molecule has 0 saturated heterocycles. The summed E-state index contributed by atoms with van der Waals surface area (Å²) in [6.07, 6.45) is 0.640. The number of aromatic amines is 1. The minimum absolute atomic E-state index is 0.0222. The predicted octanol–water partition coefficient (Wildman–Crippen LogP) is 3.91. The molecule has 0 aliphatic heterocycles. The number of carbonyl (C=O) groups is 1. The lowest BCUT2D eigenvalue weighted by molar-refractivity contribution is 0.102. The molecule has 1 amide bonds. The van der Waals surface area contributed by atoms with Crippen molar-refractivity contribution in [2.24, 2.45) is 0 Å². The fourth-order valence-corrected chi connectivity index (χ4v) is 3.51. The number of nitrogens with zero attached hydrogens (tertiary/aromatic N) is 2. The van der Waals surface area contributed by atoms with Crippen molar-refractivity contribution >= 4 is 22.6 Å². The number of aliphatic hydroxyl groups is 1. The molecule has 4 aromatic rings. The Morgan fingerprint density at radius 3 is 2.66 bits per heavy atom. The molecule has 2 heterocycles. The number of nitrogens with one attached hydrogen (secondary N) is 2. The number of H-pyrrole nitrogens is 1. The predicted molar refractivity (Wildman–Crippen MR) is 113 cm³/mol. The summed E-state index contributed by atoms with van der Waals surface area (Å²) in [4.78, 5) is 17.3. The zero-order valence-corrected chi connectivity index (χ0v) is 16.4. The molecule has 6 nitrogen and oxygen atoms in total. The monoisotopic (exact) mass is 386 g/mol. The van der Waals surface area contributed by atoms with Gasteiger partial charge in [-0.2, -0.15) is 5.10 Å². The summed E-state index contributed by atoms with van der Waals surface area (Å²) in [5.74, 6) is 0.302. The lowest BCUT2D eigenvalue weighted by Gasteiger charge is -2.11. The van der Waals surface area contributed by atoms with Gasteiger partial charge in [-0.15, -0.1) is 0 Å². The number of hydrogen-bond acceptors (Lipinski definition) is 4. The zero-order valence-electron chi connectivity index (χ0n) is 16.4. The number of hydrogen-bond donors (Lipinski definition) is 3. The molecule has 0 spiro atoms. The maximum absolute atomic E-state index is 12.6. The molecule has 0 aliphatic carbocycles. The quantitative estimate of drug-likeness (QED) is 0.485. The lowest BCUT2D eigenvalue weighted by Crippen LogP contribution is -2.12. The van der Waals surface area contributed by atoms with Gasteiger partial charge in [0.15, 0.2) is 5.82 Å². The highest BCUT2D eigenvalue weighted by molar-refractivity contribution is 6.03. The van der Waals surface area contributed by atoms with E-state index >= 15 is 0 Å². The Morgan fingerprint density at radius 2 is 1.90 bits per heavy atom. The molecule has 2 aromatic carbocycles. The van der Waals surface area contributed by atoms with Gasteiger partial charge in [-0.25, -0.2) is 0 Å². The van der Waals surface area contributed by atoms with Crippen LogP contribution in [0.4, 0.5) is 5.82 Å². The van der Waals surface area contributed by atoms with Crippen LogP contribution in [-0.2, 0) is 13.0 Å². The number of aliphatic hydroxyl groups excluding tert-OH is 1. The average molecular weight is 386 g/mol. The first-order valence-electron chi connectivity index (χ1n) is 9.45. The Labute approximate surface area is 168 Å². The summed E-state index contributed by atoms with van der Waals surface area (Å²) >= 11 is 0. The van der Waals surface area contributed by atoms with Crippen LogP contribution in [0.25, 0.3) is 10.9 Å². The van der Waals surface area contributed by atoms with E-state index in [0.717, 1.165) is 39.0 Å². The minimum atomic E-state index is -0.201. The molecule has 29 heavy (non-hydrogen) atoms. The summed E-state index contributed by atoms with van der Waals surface area (Å²) in [5.41, 5.74) is 6.16. The fourth-order valence-electron chi connectivity index (χ4n) is 3.51. The van der Waals surface area contributed by atoms with Gasteiger partial charge in [-0.3, -0.25) is 14.9 Å². The minimum Gasteiger partial charge on any atom is -0.392 e. The van der Waals surface area contributed by atoms with Crippen molar-refractivity contribution in [3.05, 3.63) is 88.2 Å². The van der Waals surface area contributed by atoms with Crippen LogP contribution in [0.3, 0.4) is 0 Å². The topological polar surface area (TPSA) is 90.9 Å². The number of rotatable bonds is 5. The molecule has 0 fully saturated rings. The second-order valence-corrected chi connectivity index (χ2v) is 7.16. The number of amides is 1. The standard InChI is InChI=1S/C23H22N4O2/c1-14-9-19(13-28)20-8-4-6-17(22(20)24-14)11-16-5-3-7-18(12-16)23(29)25-21-10-15(2)26-27-21/h3-10,12,28H,11,13H2,1-2H3,(H2,25,26,27,29). The van der Waals surface area contributed by atoms with Crippen molar-refractivity contribution < 1.29 is 9.90 Å². The maximum Gasteiger partial charge on any atom is 0.256 e. The number of benzene rings is 2. The van der Waals surface area contributed by atoms with Crippen molar-refractivity contribution in [3.63, 3.8) is 0 Å². The largest absolute Gasteiger partial charge is 0.392 e. The van der Waals surface area contributed by atoms with Crippen LogP contribution in [-0.4, -0.2) is 26.2 Å². The van der Waals surface area contributed by atoms with Gasteiger partial charge in [0.2, 0.25) is 0 Å². The molecule has 0 aliphatic rings. The summed E-state index contributed by atoms with van der Waals surface area (Å²) in [5, 5.41) is 20.3. The molecule has 0 bridgehead atoms. The van der Waals surface area contributed by atoms with E-state index in [0.29, 0.717) is 17.8 Å². The summed E-state index contributed by atoms with van der Waals surface area (Å²) in [6.45, 7) is 3.79. The van der Waals surface area contributed by atoms with Crippen LogP contribution in [0, 0.1) is 13.8 Å². The summed E-state index contributed by atoms with van der Waals surface area (Å²) < 4.78 is 0. The Balaban J connectivity index is 1.63. The Kier molecular flexibility index (Phi) is 5.10. The van der Waals surface area contributed by atoms with Gasteiger partial charge >= 0.3 is 0 Å². The molecule has 6 heteroatoms.